The van der Waals surface area contributed by atoms with Crippen LogP contribution in [0.3, 0.4) is 0 Å². The highest BCUT2D eigenvalue weighted by Crippen LogP contribution is 2.38. The fraction of sp³-hybridized carbons (Fsp3) is 0.455. The van der Waals surface area contributed by atoms with Crippen LogP contribution in [0.25, 0.3) is 0 Å². The van der Waals surface area contributed by atoms with Gasteiger partial charge >= 0.3 is 0 Å². The fourth-order valence-electron chi connectivity index (χ4n) is 1.64. The van der Waals surface area contributed by atoms with E-state index in [0.29, 0.717) is 5.02 Å². The Morgan fingerprint density at radius 1 is 1.47 bits per heavy atom. The second-order valence-electron chi connectivity index (χ2n) is 3.95. The van der Waals surface area contributed by atoms with Crippen molar-refractivity contribution in [3.63, 3.8) is 0 Å². The third-order valence-corrected chi connectivity index (χ3v) is 2.99. The SMILES string of the molecule is Cl.N[C@@H](CC1CC1)c1cc(F)ccc1Cl. The van der Waals surface area contributed by atoms with E-state index in [1.807, 2.05) is 0 Å². The van der Waals surface area contributed by atoms with Crippen LogP contribution >= 0.6 is 24.0 Å². The molecule has 2 N–H and O–H groups in total. The summed E-state index contributed by atoms with van der Waals surface area (Å²) in [4.78, 5) is 0. The minimum absolute atomic E-state index is 0. The summed E-state index contributed by atoms with van der Waals surface area (Å²) in [5, 5.41) is 0.569. The third kappa shape index (κ3) is 3.33. The summed E-state index contributed by atoms with van der Waals surface area (Å²) >= 11 is 5.95. The number of nitrogens with two attached hydrogens (primary N) is 1. The predicted molar refractivity (Wildman–Crippen MR) is 62.9 cm³/mol. The Morgan fingerprint density at radius 2 is 2.13 bits per heavy atom. The van der Waals surface area contributed by atoms with E-state index in [4.69, 9.17) is 17.3 Å². The molecule has 1 nitrogen and oxygen atoms in total. The molecule has 1 atom stereocenters. The molecular formula is C11H14Cl2FN. The van der Waals surface area contributed by atoms with E-state index in [1.165, 1.54) is 25.0 Å². The summed E-state index contributed by atoms with van der Waals surface area (Å²) in [7, 11) is 0. The van der Waals surface area contributed by atoms with Gasteiger partial charge in [0.25, 0.3) is 0 Å². The molecule has 0 aliphatic heterocycles. The van der Waals surface area contributed by atoms with Gasteiger partial charge in [0, 0.05) is 11.1 Å². The van der Waals surface area contributed by atoms with Gasteiger partial charge in [0.2, 0.25) is 0 Å². The zero-order valence-corrected chi connectivity index (χ0v) is 9.82. The number of hydrogen-bond donors (Lipinski definition) is 1. The van der Waals surface area contributed by atoms with Crippen molar-refractivity contribution in [2.45, 2.75) is 25.3 Å². The first-order chi connectivity index (χ1) is 6.66. The van der Waals surface area contributed by atoms with Crippen LogP contribution in [0, 0.1) is 11.7 Å². The molecule has 2 rings (SSSR count). The molecule has 1 aliphatic carbocycles. The molecule has 0 unspecified atom stereocenters. The molecule has 1 saturated carbocycles. The molecule has 1 aromatic rings. The van der Waals surface area contributed by atoms with Gasteiger partial charge in [-0.2, -0.15) is 0 Å². The molecule has 0 saturated heterocycles. The van der Waals surface area contributed by atoms with Crippen molar-refractivity contribution in [3.05, 3.63) is 34.6 Å². The van der Waals surface area contributed by atoms with Crippen molar-refractivity contribution < 1.29 is 4.39 Å². The minimum atomic E-state index is -0.268. The van der Waals surface area contributed by atoms with E-state index in [0.717, 1.165) is 17.9 Å². The van der Waals surface area contributed by atoms with Crippen LogP contribution in [0.4, 0.5) is 4.39 Å². The summed E-state index contributed by atoms with van der Waals surface area (Å²) in [6.45, 7) is 0. The Hall–Kier alpha value is -0.310. The molecule has 4 heteroatoms. The number of benzene rings is 1. The lowest BCUT2D eigenvalue weighted by atomic mass is 10.0. The molecule has 0 bridgehead atoms. The predicted octanol–water partition coefficient (Wildman–Crippen LogP) is 3.70. The van der Waals surface area contributed by atoms with E-state index >= 15 is 0 Å². The Labute approximate surface area is 100 Å². The lowest BCUT2D eigenvalue weighted by molar-refractivity contribution is 0.583. The molecule has 84 valence electrons. The maximum Gasteiger partial charge on any atom is 0.123 e. The lowest BCUT2D eigenvalue weighted by Crippen LogP contribution is -2.11. The first-order valence-electron chi connectivity index (χ1n) is 4.87. The van der Waals surface area contributed by atoms with Crippen molar-refractivity contribution in [3.8, 4) is 0 Å². The van der Waals surface area contributed by atoms with Crippen LogP contribution in [0.5, 0.6) is 0 Å². The van der Waals surface area contributed by atoms with E-state index in [1.54, 1.807) is 6.07 Å². The monoisotopic (exact) mass is 249 g/mol. The van der Waals surface area contributed by atoms with Crippen LogP contribution in [0.15, 0.2) is 18.2 Å². The van der Waals surface area contributed by atoms with Crippen LogP contribution in [0.1, 0.15) is 30.9 Å². The maximum atomic E-state index is 12.9. The Kier molecular flexibility index (Phi) is 4.38. The highest BCUT2D eigenvalue weighted by Gasteiger charge is 2.25. The average Bonchev–Trinajstić information content (AvgIpc) is 2.93. The zero-order valence-electron chi connectivity index (χ0n) is 8.25. The Balaban J connectivity index is 0.00000112. The van der Waals surface area contributed by atoms with Gasteiger partial charge in [-0.15, -0.1) is 12.4 Å². The highest BCUT2D eigenvalue weighted by atomic mass is 35.5. The standard InChI is InChI=1S/C11H13ClFN.ClH/c12-10-4-3-8(13)6-9(10)11(14)5-7-1-2-7;/h3-4,6-7,11H,1-2,5,14H2;1H/t11-;/m0./s1. The molecule has 15 heavy (non-hydrogen) atoms. The van der Waals surface area contributed by atoms with E-state index in [2.05, 4.69) is 0 Å². The second-order valence-corrected chi connectivity index (χ2v) is 4.36. The largest absolute Gasteiger partial charge is 0.324 e. The van der Waals surface area contributed by atoms with Crippen molar-refractivity contribution in [1.29, 1.82) is 0 Å². The lowest BCUT2D eigenvalue weighted by Gasteiger charge is -2.12. The summed E-state index contributed by atoms with van der Waals surface area (Å²) in [6.07, 6.45) is 3.42. The normalized spacial score (nSPS) is 17.0. The van der Waals surface area contributed by atoms with Gasteiger partial charge in [-0.3, -0.25) is 0 Å². The average molecular weight is 250 g/mol. The van der Waals surface area contributed by atoms with Gasteiger partial charge in [-0.1, -0.05) is 24.4 Å². The van der Waals surface area contributed by atoms with Gasteiger partial charge in [-0.25, -0.2) is 4.39 Å². The summed E-state index contributed by atoms with van der Waals surface area (Å²) in [5.41, 5.74) is 6.69. The van der Waals surface area contributed by atoms with Crippen LogP contribution in [0.2, 0.25) is 5.02 Å². The Morgan fingerprint density at radius 3 is 2.73 bits per heavy atom. The van der Waals surface area contributed by atoms with Gasteiger partial charge in [0.1, 0.15) is 5.82 Å². The topological polar surface area (TPSA) is 26.0 Å². The molecule has 0 aromatic heterocycles. The van der Waals surface area contributed by atoms with Crippen molar-refractivity contribution in [2.24, 2.45) is 11.7 Å². The zero-order chi connectivity index (χ0) is 10.1. The summed E-state index contributed by atoms with van der Waals surface area (Å²) < 4.78 is 12.9. The first kappa shape index (κ1) is 12.8. The Bertz CT molecular complexity index is 339. The van der Waals surface area contributed by atoms with Crippen LogP contribution in [-0.4, -0.2) is 0 Å². The van der Waals surface area contributed by atoms with Crippen molar-refractivity contribution in [2.75, 3.05) is 0 Å². The number of hydrogen-bond acceptors (Lipinski definition) is 1. The van der Waals surface area contributed by atoms with Gasteiger partial charge in [-0.05, 0) is 36.1 Å². The van der Waals surface area contributed by atoms with Crippen molar-refractivity contribution in [1.82, 2.24) is 0 Å². The molecule has 1 aliphatic rings. The summed E-state index contributed by atoms with van der Waals surface area (Å²) in [6, 6.07) is 4.25. The first-order valence-corrected chi connectivity index (χ1v) is 5.25. The highest BCUT2D eigenvalue weighted by molar-refractivity contribution is 6.31. The molecule has 1 fully saturated rings. The third-order valence-electron chi connectivity index (χ3n) is 2.64. The van der Waals surface area contributed by atoms with Crippen LogP contribution in [-0.2, 0) is 0 Å². The van der Waals surface area contributed by atoms with Crippen LogP contribution < -0.4 is 5.73 Å². The number of rotatable bonds is 3. The summed E-state index contributed by atoms with van der Waals surface area (Å²) in [5.74, 6) is 0.458. The molecule has 1 aromatic carbocycles. The molecule has 0 radical (unpaired) electrons. The van der Waals surface area contributed by atoms with E-state index in [9.17, 15) is 4.39 Å². The molecule has 0 amide bonds. The molecule has 0 heterocycles. The van der Waals surface area contributed by atoms with E-state index < -0.39 is 0 Å². The quantitative estimate of drug-likeness (QED) is 0.869. The van der Waals surface area contributed by atoms with Crippen molar-refractivity contribution >= 4 is 24.0 Å². The fourth-order valence-corrected chi connectivity index (χ4v) is 1.90. The maximum absolute atomic E-state index is 12.9. The minimum Gasteiger partial charge on any atom is -0.324 e. The van der Waals surface area contributed by atoms with Gasteiger partial charge in [0.15, 0.2) is 0 Å². The van der Waals surface area contributed by atoms with Gasteiger partial charge < -0.3 is 5.73 Å². The van der Waals surface area contributed by atoms with Gasteiger partial charge in [0.05, 0.1) is 0 Å². The second kappa shape index (κ2) is 5.15. The molecular weight excluding hydrogens is 236 g/mol. The van der Waals surface area contributed by atoms with E-state index in [-0.39, 0.29) is 24.3 Å². The smallest absolute Gasteiger partial charge is 0.123 e. The molecule has 0 spiro atoms. The number of halogens is 3.